The Labute approximate surface area is 131 Å². The number of rotatable bonds is 4. The van der Waals surface area contributed by atoms with Gasteiger partial charge in [0.15, 0.2) is 5.13 Å². The van der Waals surface area contributed by atoms with Gasteiger partial charge in [-0.15, -0.1) is 11.3 Å². The third-order valence-corrected chi connectivity index (χ3v) is 6.15. The molecule has 1 aromatic rings. The first-order valence-electron chi connectivity index (χ1n) is 8.48. The molecule has 3 heterocycles. The van der Waals surface area contributed by atoms with Gasteiger partial charge in [-0.2, -0.15) is 0 Å². The minimum atomic E-state index is 0.592. The smallest absolute Gasteiger partial charge is 0.185 e. The molecule has 4 nitrogen and oxygen atoms in total. The molecule has 4 rings (SSSR count). The van der Waals surface area contributed by atoms with Gasteiger partial charge >= 0.3 is 0 Å². The Kier molecular flexibility index (Phi) is 3.90. The average Bonchev–Trinajstić information content (AvgIpc) is 3.21. The highest BCUT2D eigenvalue weighted by Gasteiger charge is 2.34. The van der Waals surface area contributed by atoms with Crippen molar-refractivity contribution in [2.75, 3.05) is 24.5 Å². The SMILES string of the molecule is CC1CN2CCCCC2CN1c1ncc(CNC2CC2)s1. The fraction of sp³-hybridized carbons (Fsp3) is 0.812. The lowest BCUT2D eigenvalue weighted by Gasteiger charge is -2.47. The Morgan fingerprint density at radius 2 is 2.19 bits per heavy atom. The van der Waals surface area contributed by atoms with Gasteiger partial charge in [0, 0.05) is 48.8 Å². The van der Waals surface area contributed by atoms with Gasteiger partial charge in [-0.25, -0.2) is 4.98 Å². The number of aromatic nitrogens is 1. The molecule has 2 aliphatic heterocycles. The summed E-state index contributed by atoms with van der Waals surface area (Å²) in [4.78, 5) is 11.4. The second-order valence-corrected chi connectivity index (χ2v) is 8.00. The number of anilines is 1. The van der Waals surface area contributed by atoms with Crippen molar-refractivity contribution in [3.8, 4) is 0 Å². The molecular weight excluding hydrogens is 280 g/mol. The van der Waals surface area contributed by atoms with Crippen LogP contribution in [-0.2, 0) is 6.54 Å². The summed E-state index contributed by atoms with van der Waals surface area (Å²) in [6, 6.07) is 2.13. The molecule has 1 aliphatic carbocycles. The van der Waals surface area contributed by atoms with Crippen LogP contribution in [0.3, 0.4) is 0 Å². The summed E-state index contributed by atoms with van der Waals surface area (Å²) in [6.45, 7) is 7.04. The molecule has 0 spiro atoms. The fourth-order valence-corrected chi connectivity index (χ4v) is 4.64. The second-order valence-electron chi connectivity index (χ2n) is 6.91. The molecule has 1 N–H and O–H groups in total. The number of hydrogen-bond acceptors (Lipinski definition) is 5. The topological polar surface area (TPSA) is 31.4 Å². The van der Waals surface area contributed by atoms with Gasteiger partial charge in [0.2, 0.25) is 0 Å². The van der Waals surface area contributed by atoms with E-state index in [-0.39, 0.29) is 0 Å². The van der Waals surface area contributed by atoms with Crippen molar-refractivity contribution < 1.29 is 0 Å². The van der Waals surface area contributed by atoms with E-state index in [0.29, 0.717) is 6.04 Å². The standard InChI is InChI=1S/C16H26N4S/c1-12-10-19-7-3-2-4-14(19)11-20(12)16-18-9-15(21-16)8-17-13-5-6-13/h9,12-14,17H,2-8,10-11H2,1H3. The number of hydrogen-bond donors (Lipinski definition) is 1. The maximum atomic E-state index is 4.71. The normalized spacial score (nSPS) is 30.4. The Morgan fingerprint density at radius 3 is 3.05 bits per heavy atom. The molecule has 2 saturated heterocycles. The summed E-state index contributed by atoms with van der Waals surface area (Å²) < 4.78 is 0. The first-order valence-corrected chi connectivity index (χ1v) is 9.30. The van der Waals surface area contributed by atoms with Crippen LogP contribution in [0.4, 0.5) is 5.13 Å². The van der Waals surface area contributed by atoms with E-state index in [1.54, 1.807) is 0 Å². The zero-order chi connectivity index (χ0) is 14.2. The summed E-state index contributed by atoms with van der Waals surface area (Å²) in [7, 11) is 0. The molecule has 3 aliphatic rings. The number of nitrogens with one attached hydrogen (secondary N) is 1. The van der Waals surface area contributed by atoms with Gasteiger partial charge in [0.1, 0.15) is 0 Å². The van der Waals surface area contributed by atoms with E-state index in [0.717, 1.165) is 18.6 Å². The predicted molar refractivity (Wildman–Crippen MR) is 88.0 cm³/mol. The Bertz CT molecular complexity index is 484. The van der Waals surface area contributed by atoms with Crippen LogP contribution in [0.2, 0.25) is 0 Å². The highest BCUT2D eigenvalue weighted by atomic mass is 32.1. The largest absolute Gasteiger partial charge is 0.343 e. The van der Waals surface area contributed by atoms with Crippen molar-refractivity contribution in [3.05, 3.63) is 11.1 Å². The van der Waals surface area contributed by atoms with Gasteiger partial charge < -0.3 is 10.2 Å². The Hall–Kier alpha value is -0.650. The van der Waals surface area contributed by atoms with Crippen molar-refractivity contribution in [2.24, 2.45) is 0 Å². The van der Waals surface area contributed by atoms with Gasteiger partial charge in [0.25, 0.3) is 0 Å². The predicted octanol–water partition coefficient (Wildman–Crippen LogP) is 2.46. The zero-order valence-corrected chi connectivity index (χ0v) is 13.7. The minimum absolute atomic E-state index is 0.592. The first-order chi connectivity index (χ1) is 10.3. The molecule has 0 bridgehead atoms. The molecule has 2 atom stereocenters. The molecular formula is C16H26N4S. The molecule has 116 valence electrons. The van der Waals surface area contributed by atoms with Gasteiger partial charge in [-0.3, -0.25) is 4.90 Å². The third kappa shape index (κ3) is 3.10. The van der Waals surface area contributed by atoms with E-state index in [1.165, 1.54) is 61.7 Å². The Balaban J connectivity index is 1.42. The molecule has 0 aromatic carbocycles. The molecule has 2 unspecified atom stereocenters. The minimum Gasteiger partial charge on any atom is -0.343 e. The van der Waals surface area contributed by atoms with Gasteiger partial charge in [0.05, 0.1) is 0 Å². The summed E-state index contributed by atoms with van der Waals surface area (Å²) in [5, 5.41) is 4.83. The number of fused-ring (bicyclic) bond motifs is 1. The van der Waals surface area contributed by atoms with Crippen LogP contribution >= 0.6 is 11.3 Å². The maximum absolute atomic E-state index is 4.71. The van der Waals surface area contributed by atoms with Crippen LogP contribution in [0.1, 0.15) is 43.9 Å². The van der Waals surface area contributed by atoms with E-state index in [4.69, 9.17) is 4.98 Å². The zero-order valence-electron chi connectivity index (χ0n) is 12.9. The maximum Gasteiger partial charge on any atom is 0.185 e. The lowest BCUT2D eigenvalue weighted by atomic mass is 9.97. The van der Waals surface area contributed by atoms with Crippen molar-refractivity contribution in [2.45, 2.75) is 63.7 Å². The Morgan fingerprint density at radius 1 is 1.29 bits per heavy atom. The van der Waals surface area contributed by atoms with Crippen molar-refractivity contribution in [1.29, 1.82) is 0 Å². The van der Waals surface area contributed by atoms with E-state index in [2.05, 4.69) is 28.2 Å². The number of piperidine rings is 1. The summed E-state index contributed by atoms with van der Waals surface area (Å²) in [5.41, 5.74) is 0. The monoisotopic (exact) mass is 306 g/mol. The molecule has 0 amide bonds. The van der Waals surface area contributed by atoms with Crippen molar-refractivity contribution in [1.82, 2.24) is 15.2 Å². The van der Waals surface area contributed by atoms with Crippen LogP contribution in [0.15, 0.2) is 6.20 Å². The highest BCUT2D eigenvalue weighted by Crippen LogP contribution is 2.31. The molecule has 1 aromatic heterocycles. The molecule has 21 heavy (non-hydrogen) atoms. The lowest BCUT2D eigenvalue weighted by molar-refractivity contribution is 0.115. The number of nitrogens with zero attached hydrogens (tertiary/aromatic N) is 3. The summed E-state index contributed by atoms with van der Waals surface area (Å²) in [5.74, 6) is 0. The lowest BCUT2D eigenvalue weighted by Crippen LogP contribution is -2.58. The quantitative estimate of drug-likeness (QED) is 0.926. The van der Waals surface area contributed by atoms with Crippen LogP contribution < -0.4 is 10.2 Å². The summed E-state index contributed by atoms with van der Waals surface area (Å²) >= 11 is 1.89. The fourth-order valence-electron chi connectivity index (χ4n) is 3.66. The number of thiazole rings is 1. The van der Waals surface area contributed by atoms with Crippen LogP contribution in [-0.4, -0.2) is 47.6 Å². The van der Waals surface area contributed by atoms with E-state index in [9.17, 15) is 0 Å². The van der Waals surface area contributed by atoms with Crippen LogP contribution in [0, 0.1) is 0 Å². The second kappa shape index (κ2) is 5.86. The molecule has 1 saturated carbocycles. The van der Waals surface area contributed by atoms with Gasteiger partial charge in [-0.05, 0) is 39.2 Å². The van der Waals surface area contributed by atoms with Crippen molar-refractivity contribution in [3.63, 3.8) is 0 Å². The van der Waals surface area contributed by atoms with E-state index >= 15 is 0 Å². The number of piperazine rings is 1. The van der Waals surface area contributed by atoms with E-state index in [1.807, 2.05) is 11.3 Å². The first kappa shape index (κ1) is 14.0. The van der Waals surface area contributed by atoms with Crippen LogP contribution in [0.25, 0.3) is 0 Å². The molecule has 0 radical (unpaired) electrons. The van der Waals surface area contributed by atoms with Crippen LogP contribution in [0.5, 0.6) is 0 Å². The molecule has 5 heteroatoms. The van der Waals surface area contributed by atoms with E-state index < -0.39 is 0 Å². The summed E-state index contributed by atoms with van der Waals surface area (Å²) in [6.07, 6.45) is 8.94. The average molecular weight is 306 g/mol. The van der Waals surface area contributed by atoms with Crippen molar-refractivity contribution >= 4 is 16.5 Å². The van der Waals surface area contributed by atoms with Gasteiger partial charge in [-0.1, -0.05) is 6.42 Å². The highest BCUT2D eigenvalue weighted by molar-refractivity contribution is 7.15. The third-order valence-electron chi connectivity index (χ3n) is 5.12. The molecule has 3 fully saturated rings.